The molecule has 0 aliphatic heterocycles. The molecule has 4 aliphatic rings. The second kappa shape index (κ2) is 9.22. The van der Waals surface area contributed by atoms with Crippen molar-refractivity contribution in [1.82, 2.24) is 15.3 Å². The van der Waals surface area contributed by atoms with Gasteiger partial charge in [-0.1, -0.05) is 42.1 Å². The van der Waals surface area contributed by atoms with Gasteiger partial charge in [0.2, 0.25) is 0 Å². The molecule has 5 atom stereocenters. The molecule has 33 heavy (non-hydrogen) atoms. The van der Waals surface area contributed by atoms with E-state index in [1.807, 2.05) is 36.6 Å². The lowest BCUT2D eigenvalue weighted by molar-refractivity contribution is -0.0683. The minimum Gasteiger partial charge on any atom is -0.445 e. The average Bonchev–Trinajstić information content (AvgIpc) is 2.84. The van der Waals surface area contributed by atoms with Crippen molar-refractivity contribution in [2.45, 2.75) is 49.9 Å². The standard InChI is InChI=1S/C25H29N5O2S/c1-33-23-27-13-20(12-26)22(30-23)28-15-25-9-17-7-18(10-25)21(19(8-17)11-25)29-24(31)32-14-16-5-3-2-4-6-16/h2-6,13,17-19,21H,7-11,14-15H2,1H3,(H,29,31)(H,27,28,30)/t17?,18-,19+,21?,25?. The SMILES string of the molecule is CSc1ncc(C#N)c(NCC23CC4C[C@H](C2)C(NC(=O)OCc2ccccc2)[C@@H](C4)C3)n1. The number of carbonyl (C=O) groups is 1. The third kappa shape index (κ3) is 4.65. The summed E-state index contributed by atoms with van der Waals surface area (Å²) in [7, 11) is 0. The summed E-state index contributed by atoms with van der Waals surface area (Å²) in [6, 6.07) is 12.2. The maximum atomic E-state index is 12.5. The highest BCUT2D eigenvalue weighted by atomic mass is 32.2. The summed E-state index contributed by atoms with van der Waals surface area (Å²) in [6.07, 6.45) is 8.95. The van der Waals surface area contributed by atoms with Crippen LogP contribution in [0.5, 0.6) is 0 Å². The van der Waals surface area contributed by atoms with Crippen LogP contribution in [0.15, 0.2) is 41.7 Å². The lowest BCUT2D eigenvalue weighted by atomic mass is 9.48. The van der Waals surface area contributed by atoms with Gasteiger partial charge in [0, 0.05) is 12.6 Å². The summed E-state index contributed by atoms with van der Waals surface area (Å²) < 4.78 is 5.50. The fourth-order valence-corrected chi connectivity index (χ4v) is 6.84. The zero-order valence-corrected chi connectivity index (χ0v) is 19.6. The van der Waals surface area contributed by atoms with Crippen molar-refractivity contribution < 1.29 is 9.53 Å². The molecule has 7 nitrogen and oxygen atoms in total. The third-order valence-corrected chi connectivity index (χ3v) is 8.16. The first kappa shape index (κ1) is 22.0. The van der Waals surface area contributed by atoms with Gasteiger partial charge in [0.25, 0.3) is 0 Å². The quantitative estimate of drug-likeness (QED) is 0.457. The molecule has 172 valence electrons. The minimum atomic E-state index is -0.312. The number of hydrogen-bond donors (Lipinski definition) is 2. The largest absolute Gasteiger partial charge is 0.445 e. The second-order valence-corrected chi connectivity index (χ2v) is 10.6. The number of aromatic nitrogens is 2. The first-order chi connectivity index (χ1) is 16.1. The molecule has 2 N–H and O–H groups in total. The maximum absolute atomic E-state index is 12.5. The van der Waals surface area contributed by atoms with Crippen molar-refractivity contribution in [3.05, 3.63) is 47.7 Å². The normalized spacial score (nSPS) is 29.3. The Morgan fingerprint density at radius 1 is 1.24 bits per heavy atom. The van der Waals surface area contributed by atoms with Crippen molar-refractivity contribution in [2.75, 3.05) is 18.1 Å². The van der Waals surface area contributed by atoms with Gasteiger partial charge in [-0.05, 0) is 67.1 Å². The Morgan fingerprint density at radius 2 is 2.00 bits per heavy atom. The van der Waals surface area contributed by atoms with Crippen LogP contribution in [-0.4, -0.2) is 34.9 Å². The highest BCUT2D eigenvalue weighted by Gasteiger charge is 2.55. The fourth-order valence-electron chi connectivity index (χ4n) is 6.50. The van der Waals surface area contributed by atoms with Crippen LogP contribution in [0, 0.1) is 34.5 Å². The van der Waals surface area contributed by atoms with Crippen molar-refractivity contribution in [1.29, 1.82) is 5.26 Å². The predicted molar refractivity (Wildman–Crippen MR) is 127 cm³/mol. The van der Waals surface area contributed by atoms with Crippen LogP contribution in [0.25, 0.3) is 0 Å². The summed E-state index contributed by atoms with van der Waals surface area (Å²) in [5.74, 6) is 2.30. The number of rotatable bonds is 7. The van der Waals surface area contributed by atoms with Crippen LogP contribution in [0.1, 0.15) is 43.2 Å². The Bertz CT molecular complexity index is 1040. The molecule has 3 unspecified atom stereocenters. The second-order valence-electron chi connectivity index (χ2n) is 9.79. The maximum Gasteiger partial charge on any atom is 0.407 e. The molecule has 6 rings (SSSR count). The van der Waals surface area contributed by atoms with E-state index in [1.165, 1.54) is 31.0 Å². The molecule has 1 aromatic carbocycles. The van der Waals surface area contributed by atoms with Crippen molar-refractivity contribution >= 4 is 23.7 Å². The molecule has 1 aromatic heterocycles. The topological polar surface area (TPSA) is 99.9 Å². The summed E-state index contributed by atoms with van der Waals surface area (Å²) in [5, 5.41) is 16.8. The Labute approximate surface area is 198 Å². The summed E-state index contributed by atoms with van der Waals surface area (Å²) in [6.45, 7) is 1.10. The molecule has 4 fully saturated rings. The molecule has 4 bridgehead atoms. The van der Waals surface area contributed by atoms with Crippen molar-refractivity contribution in [3.8, 4) is 6.07 Å². The van der Waals surface area contributed by atoms with E-state index in [0.717, 1.165) is 24.9 Å². The smallest absolute Gasteiger partial charge is 0.407 e. The molecular formula is C25H29N5O2S. The van der Waals surface area contributed by atoms with E-state index in [2.05, 4.69) is 26.7 Å². The fraction of sp³-hybridized carbons (Fsp3) is 0.520. The molecule has 8 heteroatoms. The van der Waals surface area contributed by atoms with Crippen LogP contribution >= 0.6 is 11.8 Å². The van der Waals surface area contributed by atoms with Crippen molar-refractivity contribution in [2.24, 2.45) is 23.2 Å². The number of carbonyl (C=O) groups excluding carboxylic acids is 1. The average molecular weight is 464 g/mol. The van der Waals surface area contributed by atoms with E-state index in [4.69, 9.17) is 4.74 Å². The Balaban J connectivity index is 1.21. The van der Waals surface area contributed by atoms with Crippen LogP contribution in [0.3, 0.4) is 0 Å². The van der Waals surface area contributed by atoms with E-state index >= 15 is 0 Å². The molecule has 1 heterocycles. The molecule has 4 saturated carbocycles. The number of benzene rings is 1. The van der Waals surface area contributed by atoms with Gasteiger partial charge in [0.15, 0.2) is 5.16 Å². The van der Waals surface area contributed by atoms with Gasteiger partial charge in [-0.25, -0.2) is 14.8 Å². The molecule has 1 amide bonds. The number of nitriles is 1. The number of nitrogens with zero attached hydrogens (tertiary/aromatic N) is 3. The predicted octanol–water partition coefficient (Wildman–Crippen LogP) is 4.60. The van der Waals surface area contributed by atoms with E-state index in [1.54, 1.807) is 6.20 Å². The zero-order valence-electron chi connectivity index (χ0n) is 18.8. The van der Waals surface area contributed by atoms with Gasteiger partial charge in [0.1, 0.15) is 24.1 Å². The highest BCUT2D eigenvalue weighted by molar-refractivity contribution is 7.98. The first-order valence-corrected chi connectivity index (χ1v) is 12.8. The van der Waals surface area contributed by atoms with Crippen LogP contribution in [-0.2, 0) is 11.3 Å². The van der Waals surface area contributed by atoms with E-state index in [9.17, 15) is 10.1 Å². The molecule has 0 radical (unpaired) electrons. The lowest BCUT2D eigenvalue weighted by Gasteiger charge is -2.60. The number of anilines is 1. The highest BCUT2D eigenvalue weighted by Crippen LogP contribution is 2.60. The summed E-state index contributed by atoms with van der Waals surface area (Å²) in [5.41, 5.74) is 1.67. The number of amides is 1. The molecular weight excluding hydrogens is 434 g/mol. The number of thioether (sulfide) groups is 1. The minimum absolute atomic E-state index is 0.190. The first-order valence-electron chi connectivity index (χ1n) is 11.6. The Morgan fingerprint density at radius 3 is 2.70 bits per heavy atom. The van der Waals surface area contributed by atoms with Gasteiger partial charge in [-0.2, -0.15) is 5.26 Å². The van der Waals surface area contributed by atoms with Gasteiger partial charge >= 0.3 is 6.09 Å². The van der Waals surface area contributed by atoms with Crippen LogP contribution in [0.2, 0.25) is 0 Å². The Hall–Kier alpha value is -2.79. The van der Waals surface area contributed by atoms with Gasteiger partial charge < -0.3 is 15.4 Å². The van der Waals surface area contributed by atoms with Gasteiger partial charge in [0.05, 0.1) is 6.20 Å². The summed E-state index contributed by atoms with van der Waals surface area (Å²) >= 11 is 1.47. The van der Waals surface area contributed by atoms with Crippen LogP contribution in [0.4, 0.5) is 10.6 Å². The summed E-state index contributed by atoms with van der Waals surface area (Å²) in [4.78, 5) is 21.3. The number of ether oxygens (including phenoxy) is 1. The monoisotopic (exact) mass is 463 g/mol. The molecule has 0 saturated heterocycles. The Kier molecular flexibility index (Phi) is 6.15. The van der Waals surface area contributed by atoms with E-state index in [0.29, 0.717) is 40.9 Å². The van der Waals surface area contributed by atoms with E-state index < -0.39 is 0 Å². The van der Waals surface area contributed by atoms with E-state index in [-0.39, 0.29) is 17.6 Å². The zero-order chi connectivity index (χ0) is 22.8. The van der Waals surface area contributed by atoms with Gasteiger partial charge in [-0.3, -0.25) is 0 Å². The van der Waals surface area contributed by atoms with Gasteiger partial charge in [-0.15, -0.1) is 0 Å². The molecule has 4 aliphatic carbocycles. The third-order valence-electron chi connectivity index (χ3n) is 7.60. The number of alkyl carbamates (subject to hydrolysis) is 1. The van der Waals surface area contributed by atoms with Crippen LogP contribution < -0.4 is 10.6 Å². The molecule has 0 spiro atoms. The van der Waals surface area contributed by atoms with Crippen molar-refractivity contribution in [3.63, 3.8) is 0 Å². The number of nitrogens with one attached hydrogen (secondary N) is 2. The lowest BCUT2D eigenvalue weighted by Crippen LogP contribution is -2.60. The number of hydrogen-bond acceptors (Lipinski definition) is 7. The molecule has 2 aromatic rings.